The lowest BCUT2D eigenvalue weighted by Gasteiger charge is -2.25. The van der Waals surface area contributed by atoms with E-state index in [1.807, 2.05) is 30.0 Å². The summed E-state index contributed by atoms with van der Waals surface area (Å²) in [4.78, 5) is 25.3. The number of hydrogen-bond donors (Lipinski definition) is 1. The SMILES string of the molecule is Cc1nc(C(=O)N2CC3(CC3)CC2CNc2ccccn2)c(-c2ccc(F)cc2)s1. The molecule has 1 amide bonds. The van der Waals surface area contributed by atoms with E-state index in [9.17, 15) is 9.18 Å². The van der Waals surface area contributed by atoms with Gasteiger partial charge >= 0.3 is 0 Å². The van der Waals surface area contributed by atoms with Gasteiger partial charge in [-0.3, -0.25) is 4.79 Å². The molecule has 1 atom stereocenters. The highest BCUT2D eigenvalue weighted by Gasteiger charge is 2.53. The molecule has 1 aliphatic heterocycles. The number of nitrogens with one attached hydrogen (secondary N) is 1. The molecule has 1 aliphatic carbocycles. The highest BCUT2D eigenvalue weighted by molar-refractivity contribution is 7.15. The second kappa shape index (κ2) is 7.47. The molecular formula is C23H23FN4OS. The van der Waals surface area contributed by atoms with E-state index in [-0.39, 0.29) is 23.2 Å². The van der Waals surface area contributed by atoms with Crippen LogP contribution in [0.3, 0.4) is 0 Å². The molecular weight excluding hydrogens is 399 g/mol. The number of carbonyl (C=O) groups is 1. The molecule has 1 saturated carbocycles. The maximum absolute atomic E-state index is 13.6. The summed E-state index contributed by atoms with van der Waals surface area (Å²) in [6, 6.07) is 12.1. The van der Waals surface area contributed by atoms with Gasteiger partial charge in [-0.05, 0) is 61.4 Å². The van der Waals surface area contributed by atoms with Crippen LogP contribution in [-0.4, -0.2) is 39.9 Å². The van der Waals surface area contributed by atoms with Crippen LogP contribution in [0.2, 0.25) is 0 Å². The van der Waals surface area contributed by atoms with Crippen molar-refractivity contribution < 1.29 is 9.18 Å². The van der Waals surface area contributed by atoms with Crippen molar-refractivity contribution in [1.29, 1.82) is 0 Å². The number of amides is 1. The standard InChI is InChI=1S/C23H23FN4OS/c1-15-27-20(21(30-15)16-5-7-17(24)8-6-16)22(29)28-14-23(9-10-23)12-18(28)13-26-19-4-2-3-11-25-19/h2-8,11,18H,9-10,12-14H2,1H3,(H,25,26). The normalized spacial score (nSPS) is 19.3. The zero-order valence-electron chi connectivity index (χ0n) is 16.8. The van der Waals surface area contributed by atoms with Gasteiger partial charge < -0.3 is 10.2 Å². The second-order valence-electron chi connectivity index (χ2n) is 8.30. The van der Waals surface area contributed by atoms with E-state index in [4.69, 9.17) is 0 Å². The van der Waals surface area contributed by atoms with Crippen LogP contribution in [0, 0.1) is 18.2 Å². The third kappa shape index (κ3) is 3.69. The van der Waals surface area contributed by atoms with Crippen molar-refractivity contribution in [2.45, 2.75) is 32.2 Å². The molecule has 3 heterocycles. The number of rotatable bonds is 5. The summed E-state index contributed by atoms with van der Waals surface area (Å²) in [5.74, 6) is 0.497. The van der Waals surface area contributed by atoms with Crippen molar-refractivity contribution in [1.82, 2.24) is 14.9 Å². The van der Waals surface area contributed by atoms with Gasteiger partial charge in [-0.1, -0.05) is 18.2 Å². The molecule has 0 radical (unpaired) electrons. The molecule has 2 aliphatic rings. The third-order valence-electron chi connectivity index (χ3n) is 6.06. The first-order valence-corrected chi connectivity index (χ1v) is 11.0. The molecule has 1 N–H and O–H groups in total. The Bertz CT molecular complexity index is 1060. The van der Waals surface area contributed by atoms with Gasteiger partial charge in [0.15, 0.2) is 0 Å². The summed E-state index contributed by atoms with van der Waals surface area (Å²) in [7, 11) is 0. The fourth-order valence-electron chi connectivity index (χ4n) is 4.32. The lowest BCUT2D eigenvalue weighted by molar-refractivity contribution is 0.0733. The monoisotopic (exact) mass is 422 g/mol. The number of halogens is 1. The summed E-state index contributed by atoms with van der Waals surface area (Å²) >= 11 is 1.48. The molecule has 1 aromatic carbocycles. The molecule has 2 fully saturated rings. The predicted molar refractivity (Wildman–Crippen MR) is 116 cm³/mol. The van der Waals surface area contributed by atoms with Crippen LogP contribution in [0.25, 0.3) is 10.4 Å². The van der Waals surface area contributed by atoms with Gasteiger partial charge in [-0.2, -0.15) is 0 Å². The molecule has 30 heavy (non-hydrogen) atoms. The molecule has 1 spiro atoms. The average molecular weight is 423 g/mol. The van der Waals surface area contributed by atoms with E-state index in [1.165, 1.54) is 36.3 Å². The Balaban J connectivity index is 1.41. The average Bonchev–Trinajstić information content (AvgIpc) is 3.24. The quantitative estimate of drug-likeness (QED) is 0.644. The van der Waals surface area contributed by atoms with E-state index in [1.54, 1.807) is 18.3 Å². The fourth-order valence-corrected chi connectivity index (χ4v) is 5.23. The minimum atomic E-state index is -0.288. The van der Waals surface area contributed by atoms with Gasteiger partial charge in [0.25, 0.3) is 5.91 Å². The van der Waals surface area contributed by atoms with Crippen LogP contribution in [0.5, 0.6) is 0 Å². The number of likely N-dealkylation sites (tertiary alicyclic amines) is 1. The maximum atomic E-state index is 13.6. The number of nitrogens with zero attached hydrogens (tertiary/aromatic N) is 3. The molecule has 5 rings (SSSR count). The Morgan fingerprint density at radius 3 is 2.77 bits per heavy atom. The van der Waals surface area contributed by atoms with E-state index in [2.05, 4.69) is 15.3 Å². The molecule has 3 aromatic rings. The van der Waals surface area contributed by atoms with Crippen molar-refractivity contribution in [2.75, 3.05) is 18.4 Å². The Hall–Kier alpha value is -2.80. The lowest BCUT2D eigenvalue weighted by Crippen LogP contribution is -2.40. The van der Waals surface area contributed by atoms with Crippen LogP contribution in [0.1, 0.15) is 34.8 Å². The van der Waals surface area contributed by atoms with Crippen LogP contribution in [0.15, 0.2) is 48.7 Å². The molecule has 2 aromatic heterocycles. The number of aromatic nitrogens is 2. The van der Waals surface area contributed by atoms with E-state index >= 15 is 0 Å². The molecule has 154 valence electrons. The lowest BCUT2D eigenvalue weighted by atomic mass is 10.0. The number of hydrogen-bond acceptors (Lipinski definition) is 5. The zero-order valence-corrected chi connectivity index (χ0v) is 17.6. The minimum absolute atomic E-state index is 0.0322. The summed E-state index contributed by atoms with van der Waals surface area (Å²) in [5, 5.41) is 4.22. The first-order valence-electron chi connectivity index (χ1n) is 10.2. The number of thiazole rings is 1. The first-order chi connectivity index (χ1) is 14.5. The van der Waals surface area contributed by atoms with E-state index in [0.29, 0.717) is 12.2 Å². The molecule has 1 saturated heterocycles. The Kier molecular flexibility index (Phi) is 4.77. The number of benzene rings is 1. The molecule has 7 heteroatoms. The van der Waals surface area contributed by atoms with Gasteiger partial charge in [-0.15, -0.1) is 11.3 Å². The minimum Gasteiger partial charge on any atom is -0.368 e. The van der Waals surface area contributed by atoms with Crippen molar-refractivity contribution in [3.05, 3.63) is 65.2 Å². The van der Waals surface area contributed by atoms with Crippen LogP contribution >= 0.6 is 11.3 Å². The fraction of sp³-hybridized carbons (Fsp3) is 0.348. The molecule has 5 nitrogen and oxygen atoms in total. The Morgan fingerprint density at radius 1 is 1.27 bits per heavy atom. The summed E-state index contributed by atoms with van der Waals surface area (Å²) in [6.07, 6.45) is 5.12. The number of anilines is 1. The van der Waals surface area contributed by atoms with Crippen molar-refractivity contribution in [2.24, 2.45) is 5.41 Å². The van der Waals surface area contributed by atoms with Gasteiger partial charge in [0.05, 0.1) is 9.88 Å². The van der Waals surface area contributed by atoms with Gasteiger partial charge in [0, 0.05) is 25.3 Å². The van der Waals surface area contributed by atoms with E-state index < -0.39 is 0 Å². The maximum Gasteiger partial charge on any atom is 0.274 e. The van der Waals surface area contributed by atoms with Crippen LogP contribution < -0.4 is 5.32 Å². The smallest absolute Gasteiger partial charge is 0.274 e. The van der Waals surface area contributed by atoms with Gasteiger partial charge in [0.2, 0.25) is 0 Å². The summed E-state index contributed by atoms with van der Waals surface area (Å²) < 4.78 is 13.4. The molecule has 0 bridgehead atoms. The van der Waals surface area contributed by atoms with Crippen LogP contribution in [0.4, 0.5) is 10.2 Å². The predicted octanol–water partition coefficient (Wildman–Crippen LogP) is 4.76. The van der Waals surface area contributed by atoms with Crippen molar-refractivity contribution in [3.63, 3.8) is 0 Å². The summed E-state index contributed by atoms with van der Waals surface area (Å²) in [6.45, 7) is 3.35. The zero-order chi connectivity index (χ0) is 20.7. The third-order valence-corrected chi connectivity index (χ3v) is 7.08. The number of carbonyl (C=O) groups excluding carboxylic acids is 1. The van der Waals surface area contributed by atoms with Crippen molar-refractivity contribution >= 4 is 23.1 Å². The Morgan fingerprint density at radius 2 is 2.07 bits per heavy atom. The number of pyridine rings is 1. The van der Waals surface area contributed by atoms with Crippen LogP contribution in [-0.2, 0) is 0 Å². The highest BCUT2D eigenvalue weighted by atomic mass is 32.1. The highest BCUT2D eigenvalue weighted by Crippen LogP contribution is 2.55. The summed E-state index contributed by atoms with van der Waals surface area (Å²) in [5.41, 5.74) is 1.58. The number of aryl methyl sites for hydroxylation is 1. The Labute approximate surface area is 179 Å². The van der Waals surface area contributed by atoms with E-state index in [0.717, 1.165) is 34.2 Å². The van der Waals surface area contributed by atoms with Gasteiger partial charge in [0.1, 0.15) is 17.3 Å². The second-order valence-corrected chi connectivity index (χ2v) is 9.51. The van der Waals surface area contributed by atoms with Crippen molar-refractivity contribution in [3.8, 4) is 10.4 Å². The first kappa shape index (κ1) is 19.2. The molecule has 1 unspecified atom stereocenters. The van der Waals surface area contributed by atoms with Gasteiger partial charge in [-0.25, -0.2) is 14.4 Å². The largest absolute Gasteiger partial charge is 0.368 e. The topological polar surface area (TPSA) is 58.1 Å².